The fourth-order valence-corrected chi connectivity index (χ4v) is 4.97. The van der Waals surface area contributed by atoms with E-state index in [2.05, 4.69) is 10.2 Å². The van der Waals surface area contributed by atoms with Crippen molar-refractivity contribution in [2.75, 3.05) is 0 Å². The van der Waals surface area contributed by atoms with Crippen LogP contribution < -0.4 is 0 Å². The lowest BCUT2D eigenvalue weighted by atomic mass is 10.0. The summed E-state index contributed by atoms with van der Waals surface area (Å²) in [7, 11) is -4.57. The Morgan fingerprint density at radius 2 is 2.12 bits per heavy atom. The number of sulfone groups is 1. The van der Waals surface area contributed by atoms with E-state index in [1.807, 2.05) is 0 Å². The molecule has 24 heavy (non-hydrogen) atoms. The van der Waals surface area contributed by atoms with Gasteiger partial charge in [-0.2, -0.15) is 0 Å². The predicted octanol–water partition coefficient (Wildman–Crippen LogP) is 3.00. The summed E-state index contributed by atoms with van der Waals surface area (Å²) in [6.45, 7) is 1.43. The maximum Gasteiger partial charge on any atom is 0.294 e. The molecule has 1 heterocycles. The Labute approximate surface area is 142 Å². The number of Topliss-reactive ketones (excluding diaryl/α,β-unsaturated/α-hetero) is 1. The zero-order valence-corrected chi connectivity index (χ0v) is 14.3. The number of aromatic nitrogens is 2. The van der Waals surface area contributed by atoms with Crippen LogP contribution in [0.3, 0.4) is 0 Å². The molecule has 1 aromatic carbocycles. The maximum absolute atomic E-state index is 16.0. The van der Waals surface area contributed by atoms with Gasteiger partial charge in [-0.1, -0.05) is 17.7 Å². The Bertz CT molecular complexity index is 898. The van der Waals surface area contributed by atoms with E-state index in [9.17, 15) is 13.2 Å². The van der Waals surface area contributed by atoms with Gasteiger partial charge in [-0.3, -0.25) is 4.79 Å². The van der Waals surface area contributed by atoms with Crippen molar-refractivity contribution in [3.8, 4) is 0 Å². The van der Waals surface area contributed by atoms with E-state index in [0.29, 0.717) is 0 Å². The Morgan fingerprint density at radius 1 is 1.38 bits per heavy atom. The molecule has 6 nitrogen and oxygen atoms in total. The third kappa shape index (κ3) is 2.63. The van der Waals surface area contributed by atoms with E-state index in [1.54, 1.807) is 0 Å². The first-order valence-corrected chi connectivity index (χ1v) is 9.12. The molecular formula is C15H14ClFN2O4S. The van der Waals surface area contributed by atoms with Crippen LogP contribution in [0.1, 0.15) is 31.0 Å². The fraction of sp³-hybridized carbons (Fsp3) is 0.400. The van der Waals surface area contributed by atoms with Gasteiger partial charge in [-0.15, -0.1) is 10.2 Å². The van der Waals surface area contributed by atoms with E-state index in [0.717, 1.165) is 6.07 Å². The van der Waals surface area contributed by atoms with Crippen molar-refractivity contribution in [2.45, 2.75) is 36.1 Å². The van der Waals surface area contributed by atoms with Crippen LogP contribution in [0.4, 0.5) is 4.39 Å². The first-order valence-electron chi connectivity index (χ1n) is 7.26. The second kappa shape index (κ2) is 5.93. The van der Waals surface area contributed by atoms with Crippen LogP contribution >= 0.6 is 11.6 Å². The van der Waals surface area contributed by atoms with Crippen molar-refractivity contribution in [1.29, 1.82) is 0 Å². The average Bonchev–Trinajstić information content (AvgIpc) is 3.15. The van der Waals surface area contributed by atoms with Gasteiger partial charge in [-0.25, -0.2) is 12.8 Å². The van der Waals surface area contributed by atoms with Crippen LogP contribution in [-0.2, 0) is 19.6 Å². The van der Waals surface area contributed by atoms with E-state index >= 15 is 4.39 Å². The molecule has 2 aromatic rings. The minimum atomic E-state index is -4.57. The van der Waals surface area contributed by atoms with Gasteiger partial charge in [0, 0.05) is 30.7 Å². The number of rotatable bonds is 4. The van der Waals surface area contributed by atoms with Crippen molar-refractivity contribution in [2.24, 2.45) is 5.92 Å². The lowest BCUT2D eigenvalue weighted by Gasteiger charge is -2.27. The monoisotopic (exact) mass is 372 g/mol. The number of carbonyl (C=O) groups excluding carboxylic acids is 1. The van der Waals surface area contributed by atoms with Crippen molar-refractivity contribution < 1.29 is 22.0 Å². The Morgan fingerprint density at radius 3 is 2.67 bits per heavy atom. The van der Waals surface area contributed by atoms with Gasteiger partial charge in [0.15, 0.2) is 0 Å². The third-order valence-corrected chi connectivity index (χ3v) is 6.49. The number of halogens is 2. The zero-order valence-electron chi connectivity index (χ0n) is 12.7. The average molecular weight is 373 g/mol. The summed E-state index contributed by atoms with van der Waals surface area (Å²) in [6, 6.07) is 5.30. The van der Waals surface area contributed by atoms with Crippen LogP contribution in [0.15, 0.2) is 33.6 Å². The largest absolute Gasteiger partial charge is 0.421 e. The molecule has 0 amide bonds. The summed E-state index contributed by atoms with van der Waals surface area (Å²) in [5.41, 5.74) is 0. The second-order valence-electron chi connectivity index (χ2n) is 5.71. The van der Waals surface area contributed by atoms with E-state index in [1.165, 1.54) is 25.1 Å². The molecule has 1 aliphatic rings. The van der Waals surface area contributed by atoms with Crippen molar-refractivity contribution in [3.05, 3.63) is 41.1 Å². The molecule has 0 bridgehead atoms. The number of nitrogens with zero attached hydrogens (tertiary/aromatic N) is 2. The Balaban J connectivity index is 2.19. The summed E-state index contributed by atoms with van der Waals surface area (Å²) in [5, 5.41) is 4.30. The zero-order chi connectivity index (χ0) is 17.5. The molecule has 1 fully saturated rings. The second-order valence-corrected chi connectivity index (χ2v) is 8.22. The van der Waals surface area contributed by atoms with Gasteiger partial charge < -0.3 is 4.42 Å². The highest BCUT2D eigenvalue weighted by molar-refractivity contribution is 7.92. The summed E-state index contributed by atoms with van der Waals surface area (Å²) >= 11 is 5.84. The molecule has 0 spiro atoms. The lowest BCUT2D eigenvalue weighted by molar-refractivity contribution is -0.117. The van der Waals surface area contributed by atoms with Crippen LogP contribution in [0, 0.1) is 12.8 Å². The molecule has 1 aromatic heterocycles. The van der Waals surface area contributed by atoms with Gasteiger partial charge in [-0.05, 0) is 24.6 Å². The molecular weight excluding hydrogens is 359 g/mol. The standard InChI is InChI=1S/C15H14ClFN2O4S/c1-9-18-19-14(23-9)15(17,10-5-6-12(20)7-10)24(21,22)13-4-2-3-11(16)8-13/h2-4,8,10H,5-7H2,1H3/t10-,15?/m0/s1. The van der Waals surface area contributed by atoms with Crippen LogP contribution in [0.5, 0.6) is 0 Å². The van der Waals surface area contributed by atoms with E-state index < -0.39 is 26.6 Å². The Kier molecular flexibility index (Phi) is 4.21. The summed E-state index contributed by atoms with van der Waals surface area (Å²) in [6.07, 6.45) is 0.0167. The van der Waals surface area contributed by atoms with E-state index in [-0.39, 0.29) is 40.9 Å². The van der Waals surface area contributed by atoms with Crippen molar-refractivity contribution in [3.63, 3.8) is 0 Å². The minimum Gasteiger partial charge on any atom is -0.421 e. The number of hydrogen-bond donors (Lipinski definition) is 0. The third-order valence-electron chi connectivity index (χ3n) is 4.09. The number of hydrogen-bond acceptors (Lipinski definition) is 6. The normalized spacial score (nSPS) is 21.0. The maximum atomic E-state index is 16.0. The summed E-state index contributed by atoms with van der Waals surface area (Å²) < 4.78 is 47.2. The quantitative estimate of drug-likeness (QED) is 0.819. The van der Waals surface area contributed by atoms with Gasteiger partial charge in [0.05, 0.1) is 4.90 Å². The molecule has 1 unspecified atom stereocenters. The topological polar surface area (TPSA) is 90.1 Å². The smallest absolute Gasteiger partial charge is 0.294 e. The van der Waals surface area contributed by atoms with Gasteiger partial charge in [0.2, 0.25) is 15.7 Å². The van der Waals surface area contributed by atoms with Crippen LogP contribution in [-0.4, -0.2) is 24.4 Å². The molecule has 0 N–H and O–H groups in total. The van der Waals surface area contributed by atoms with Crippen molar-refractivity contribution in [1.82, 2.24) is 10.2 Å². The highest BCUT2D eigenvalue weighted by atomic mass is 35.5. The van der Waals surface area contributed by atoms with Gasteiger partial charge in [0.1, 0.15) is 5.78 Å². The minimum absolute atomic E-state index is 0.0395. The summed E-state index contributed by atoms with van der Waals surface area (Å²) in [5.74, 6) is -1.90. The Hall–Kier alpha value is -1.80. The fourth-order valence-electron chi connectivity index (χ4n) is 2.88. The first kappa shape index (κ1) is 17.0. The number of ketones is 1. The SMILES string of the molecule is Cc1nnc(C(F)([C@H]2CCC(=O)C2)S(=O)(=O)c2cccc(Cl)c2)o1. The molecule has 0 aliphatic heterocycles. The van der Waals surface area contributed by atoms with Crippen LogP contribution in [0.25, 0.3) is 0 Å². The van der Waals surface area contributed by atoms with Crippen LogP contribution in [0.2, 0.25) is 5.02 Å². The van der Waals surface area contributed by atoms with E-state index in [4.69, 9.17) is 16.0 Å². The highest BCUT2D eigenvalue weighted by Crippen LogP contribution is 2.48. The highest BCUT2D eigenvalue weighted by Gasteiger charge is 2.59. The molecule has 1 aliphatic carbocycles. The molecule has 2 atom stereocenters. The number of aryl methyl sites for hydroxylation is 1. The van der Waals surface area contributed by atoms with Gasteiger partial charge in [0.25, 0.3) is 10.9 Å². The molecule has 128 valence electrons. The molecule has 3 rings (SSSR count). The molecule has 9 heteroatoms. The molecule has 0 radical (unpaired) electrons. The number of benzene rings is 1. The lowest BCUT2D eigenvalue weighted by Crippen LogP contribution is -2.38. The predicted molar refractivity (Wildman–Crippen MR) is 82.8 cm³/mol. The van der Waals surface area contributed by atoms with Gasteiger partial charge >= 0.3 is 0 Å². The number of alkyl halides is 1. The first-order chi connectivity index (χ1) is 11.2. The molecule has 1 saturated carbocycles. The molecule has 0 saturated heterocycles. The number of carbonyl (C=O) groups is 1. The summed E-state index contributed by atoms with van der Waals surface area (Å²) in [4.78, 5) is 11.3. The van der Waals surface area contributed by atoms with Crippen molar-refractivity contribution >= 4 is 27.2 Å².